The standard InChI is InChI=1S/C25H28NO3/c1-25(2,3)29-20-14-12-19(13-15-20)28-23-10-6-7-17-26(23)22-16-11-18-8-4-5-9-21(18)24(22)27/h4-5,8-9,11-16,23H,6-7,10,17H2,1-3H3. The van der Waals surface area contributed by atoms with E-state index in [1.54, 1.807) is 0 Å². The molecule has 1 unspecified atom stereocenters. The molecule has 29 heavy (non-hydrogen) atoms. The molecule has 4 heteroatoms. The number of fused-ring (bicyclic) bond motifs is 1. The van der Waals surface area contributed by atoms with Crippen molar-refractivity contribution in [3.63, 3.8) is 0 Å². The molecular formula is C25H28NO3. The number of piperidine rings is 1. The highest BCUT2D eigenvalue weighted by molar-refractivity contribution is 5.93. The molecule has 1 heterocycles. The number of anilines is 1. The predicted molar refractivity (Wildman–Crippen MR) is 117 cm³/mol. The smallest absolute Gasteiger partial charge is 0.209 e. The lowest BCUT2D eigenvalue weighted by molar-refractivity contribution is 0.130. The summed E-state index contributed by atoms with van der Waals surface area (Å²) in [4.78, 5) is 2.12. The van der Waals surface area contributed by atoms with Crippen molar-refractivity contribution >= 4 is 16.5 Å². The van der Waals surface area contributed by atoms with E-state index in [0.29, 0.717) is 0 Å². The molecule has 4 rings (SSSR count). The third kappa shape index (κ3) is 4.42. The second-order valence-corrected chi connectivity index (χ2v) is 8.58. The Labute approximate surface area is 172 Å². The summed E-state index contributed by atoms with van der Waals surface area (Å²) < 4.78 is 12.2. The van der Waals surface area contributed by atoms with Crippen molar-refractivity contribution in [3.8, 4) is 17.2 Å². The molecule has 1 aliphatic rings. The van der Waals surface area contributed by atoms with Crippen molar-refractivity contribution < 1.29 is 14.6 Å². The van der Waals surface area contributed by atoms with Crippen LogP contribution in [0.1, 0.15) is 40.0 Å². The molecule has 1 radical (unpaired) electrons. The minimum absolute atomic E-state index is 0.0764. The first-order valence-electron chi connectivity index (χ1n) is 10.3. The lowest BCUT2D eigenvalue weighted by Crippen LogP contribution is -2.43. The lowest BCUT2D eigenvalue weighted by Gasteiger charge is -2.37. The van der Waals surface area contributed by atoms with Crippen LogP contribution in [0.25, 0.3) is 10.8 Å². The number of hydrogen-bond donors (Lipinski definition) is 0. The normalized spacial score (nSPS) is 17.3. The van der Waals surface area contributed by atoms with Gasteiger partial charge in [-0.05, 0) is 69.3 Å². The summed E-state index contributed by atoms with van der Waals surface area (Å²) >= 11 is 0. The van der Waals surface area contributed by atoms with Gasteiger partial charge in [-0.2, -0.15) is 0 Å². The van der Waals surface area contributed by atoms with E-state index in [0.717, 1.165) is 53.8 Å². The fourth-order valence-corrected chi connectivity index (χ4v) is 3.85. The van der Waals surface area contributed by atoms with Gasteiger partial charge < -0.3 is 14.4 Å². The fourth-order valence-electron chi connectivity index (χ4n) is 3.85. The van der Waals surface area contributed by atoms with Crippen LogP contribution in [-0.2, 0) is 5.11 Å². The molecule has 1 fully saturated rings. The Balaban J connectivity index is 1.56. The zero-order valence-electron chi connectivity index (χ0n) is 17.4. The van der Waals surface area contributed by atoms with E-state index in [2.05, 4.69) is 4.90 Å². The van der Waals surface area contributed by atoms with Gasteiger partial charge in [0.15, 0.2) is 6.23 Å². The molecule has 1 saturated heterocycles. The van der Waals surface area contributed by atoms with Gasteiger partial charge in [0.1, 0.15) is 17.1 Å². The number of ether oxygens (including phenoxy) is 2. The van der Waals surface area contributed by atoms with Gasteiger partial charge in [0.05, 0.1) is 5.69 Å². The molecule has 0 aliphatic carbocycles. The summed E-state index contributed by atoms with van der Waals surface area (Å²) in [5.41, 5.74) is 0.490. The van der Waals surface area contributed by atoms with Crippen molar-refractivity contribution in [1.29, 1.82) is 0 Å². The Kier molecular flexibility index (Phi) is 5.27. The third-order valence-electron chi connectivity index (χ3n) is 5.14. The molecule has 151 valence electrons. The zero-order chi connectivity index (χ0) is 20.4. The maximum Gasteiger partial charge on any atom is 0.209 e. The summed E-state index contributed by atoms with van der Waals surface area (Å²) in [7, 11) is 0. The summed E-state index contributed by atoms with van der Waals surface area (Å²) in [6.07, 6.45) is 2.90. The van der Waals surface area contributed by atoms with Crippen molar-refractivity contribution in [2.75, 3.05) is 11.4 Å². The number of rotatable bonds is 4. The fraction of sp³-hybridized carbons (Fsp3) is 0.360. The molecule has 0 bridgehead atoms. The topological polar surface area (TPSA) is 41.6 Å². The second kappa shape index (κ2) is 7.86. The van der Waals surface area contributed by atoms with Gasteiger partial charge in [0.2, 0.25) is 5.75 Å². The first kappa shape index (κ1) is 19.4. The van der Waals surface area contributed by atoms with Gasteiger partial charge in [-0.15, -0.1) is 0 Å². The van der Waals surface area contributed by atoms with Gasteiger partial charge >= 0.3 is 0 Å². The van der Waals surface area contributed by atoms with Crippen LogP contribution in [0.2, 0.25) is 0 Å². The van der Waals surface area contributed by atoms with Crippen molar-refractivity contribution in [3.05, 3.63) is 60.7 Å². The SMILES string of the molecule is CC(C)(C)Oc1ccc(OC2CCCCN2c2ccc3ccccc3c2[O])cc1. The van der Waals surface area contributed by atoms with Crippen LogP contribution in [0.4, 0.5) is 5.69 Å². The minimum atomic E-state index is -0.233. The summed E-state index contributed by atoms with van der Waals surface area (Å²) in [5.74, 6) is 1.69. The third-order valence-corrected chi connectivity index (χ3v) is 5.14. The van der Waals surface area contributed by atoms with Crippen LogP contribution in [-0.4, -0.2) is 18.4 Å². The molecular weight excluding hydrogens is 362 g/mol. The van der Waals surface area contributed by atoms with Gasteiger partial charge in [-0.1, -0.05) is 30.3 Å². The highest BCUT2D eigenvalue weighted by Gasteiger charge is 2.27. The molecule has 0 saturated carbocycles. The van der Waals surface area contributed by atoms with Crippen molar-refractivity contribution in [1.82, 2.24) is 0 Å². The van der Waals surface area contributed by atoms with E-state index in [-0.39, 0.29) is 17.6 Å². The van der Waals surface area contributed by atoms with Crippen LogP contribution in [0.5, 0.6) is 17.2 Å². The molecule has 1 aliphatic heterocycles. The molecule has 4 nitrogen and oxygen atoms in total. The lowest BCUT2D eigenvalue weighted by atomic mass is 10.0. The maximum atomic E-state index is 13.1. The second-order valence-electron chi connectivity index (χ2n) is 8.58. The zero-order valence-corrected chi connectivity index (χ0v) is 17.4. The molecule has 0 spiro atoms. The van der Waals surface area contributed by atoms with E-state index >= 15 is 0 Å². The monoisotopic (exact) mass is 390 g/mol. The number of nitrogens with zero attached hydrogens (tertiary/aromatic N) is 1. The molecule has 1 atom stereocenters. The maximum absolute atomic E-state index is 13.1. The van der Waals surface area contributed by atoms with Crippen LogP contribution in [0.15, 0.2) is 60.7 Å². The van der Waals surface area contributed by atoms with Gasteiger partial charge in [0.25, 0.3) is 0 Å². The van der Waals surface area contributed by atoms with Crippen LogP contribution in [0.3, 0.4) is 0 Å². The Morgan fingerprint density at radius 2 is 1.62 bits per heavy atom. The molecule has 0 N–H and O–H groups in total. The quantitative estimate of drug-likeness (QED) is 0.507. The van der Waals surface area contributed by atoms with Crippen LogP contribution >= 0.6 is 0 Å². The van der Waals surface area contributed by atoms with Gasteiger partial charge in [0, 0.05) is 18.4 Å². The number of benzene rings is 3. The van der Waals surface area contributed by atoms with Crippen molar-refractivity contribution in [2.45, 2.75) is 51.9 Å². The van der Waals surface area contributed by atoms with E-state index in [4.69, 9.17) is 9.47 Å². The Morgan fingerprint density at radius 1 is 0.897 bits per heavy atom. The summed E-state index contributed by atoms with van der Waals surface area (Å²) in [5, 5.41) is 14.8. The molecule has 3 aromatic rings. The highest BCUT2D eigenvalue weighted by Crippen LogP contribution is 2.39. The van der Waals surface area contributed by atoms with Gasteiger partial charge in [-0.3, -0.25) is 5.11 Å². The first-order valence-corrected chi connectivity index (χ1v) is 10.3. The molecule has 0 aromatic heterocycles. The predicted octanol–water partition coefficient (Wildman–Crippen LogP) is 6.56. The largest absolute Gasteiger partial charge is 0.488 e. The Morgan fingerprint density at radius 3 is 2.38 bits per heavy atom. The first-order chi connectivity index (χ1) is 13.9. The Bertz CT molecular complexity index is 976. The van der Waals surface area contributed by atoms with Crippen LogP contribution < -0.4 is 14.4 Å². The van der Waals surface area contributed by atoms with E-state index in [1.807, 2.05) is 81.4 Å². The van der Waals surface area contributed by atoms with E-state index in [1.165, 1.54) is 0 Å². The number of hydrogen-bond acceptors (Lipinski definition) is 3. The van der Waals surface area contributed by atoms with Crippen LogP contribution in [0, 0.1) is 0 Å². The molecule has 0 amide bonds. The summed E-state index contributed by atoms with van der Waals surface area (Å²) in [6.45, 7) is 6.91. The average Bonchev–Trinajstić information content (AvgIpc) is 2.70. The minimum Gasteiger partial charge on any atom is -0.488 e. The Hall–Kier alpha value is -2.88. The summed E-state index contributed by atoms with van der Waals surface area (Å²) in [6, 6.07) is 19.5. The van der Waals surface area contributed by atoms with Crippen molar-refractivity contribution in [2.24, 2.45) is 0 Å². The molecule has 3 aromatic carbocycles. The highest BCUT2D eigenvalue weighted by atomic mass is 16.5. The van der Waals surface area contributed by atoms with E-state index in [9.17, 15) is 5.11 Å². The average molecular weight is 391 g/mol. The van der Waals surface area contributed by atoms with E-state index < -0.39 is 0 Å². The van der Waals surface area contributed by atoms with Gasteiger partial charge in [-0.25, -0.2) is 0 Å².